The van der Waals surface area contributed by atoms with Gasteiger partial charge in [0.2, 0.25) is 0 Å². The number of esters is 1. The van der Waals surface area contributed by atoms with Crippen LogP contribution in [0.1, 0.15) is 42.6 Å². The average Bonchev–Trinajstić information content (AvgIpc) is 2.97. The number of fused-ring (bicyclic) bond motifs is 1. The zero-order chi connectivity index (χ0) is 15.8. The van der Waals surface area contributed by atoms with Gasteiger partial charge in [0.25, 0.3) is 5.91 Å². The van der Waals surface area contributed by atoms with E-state index in [2.05, 4.69) is 15.0 Å². The molecule has 0 radical (unpaired) electrons. The number of amides is 1. The minimum atomic E-state index is -0.160. The Kier molecular flexibility index (Phi) is 6.01. The highest BCUT2D eigenvalue weighted by Crippen LogP contribution is 2.14. The van der Waals surface area contributed by atoms with Crippen molar-refractivity contribution >= 4 is 22.8 Å². The summed E-state index contributed by atoms with van der Waals surface area (Å²) in [6.07, 6.45) is 4.18. The Bertz CT molecular complexity index is 601. The van der Waals surface area contributed by atoms with Gasteiger partial charge in [0.05, 0.1) is 7.11 Å². The van der Waals surface area contributed by atoms with Crippen LogP contribution in [-0.4, -0.2) is 30.5 Å². The molecule has 0 spiro atoms. The molecule has 0 aliphatic heterocycles. The third kappa shape index (κ3) is 4.62. The Morgan fingerprint density at radius 1 is 1.14 bits per heavy atom. The number of para-hydroxylation sites is 1. The Balaban J connectivity index is 1.64. The summed E-state index contributed by atoms with van der Waals surface area (Å²) in [6.45, 7) is 0.645. The van der Waals surface area contributed by atoms with E-state index in [0.29, 0.717) is 18.7 Å². The van der Waals surface area contributed by atoms with E-state index in [4.69, 9.17) is 0 Å². The topological polar surface area (TPSA) is 71.2 Å². The molecule has 2 N–H and O–H groups in total. The van der Waals surface area contributed by atoms with Crippen LogP contribution >= 0.6 is 0 Å². The Hall–Kier alpha value is -2.30. The van der Waals surface area contributed by atoms with Crippen LogP contribution in [0, 0.1) is 0 Å². The number of unbranched alkanes of at least 4 members (excludes halogenated alkanes) is 3. The molecule has 22 heavy (non-hydrogen) atoms. The van der Waals surface area contributed by atoms with Crippen molar-refractivity contribution in [1.29, 1.82) is 0 Å². The van der Waals surface area contributed by atoms with Crippen molar-refractivity contribution in [2.75, 3.05) is 13.7 Å². The Labute approximate surface area is 130 Å². The molecule has 0 aliphatic carbocycles. The summed E-state index contributed by atoms with van der Waals surface area (Å²) in [4.78, 5) is 26.1. The summed E-state index contributed by atoms with van der Waals surface area (Å²) in [5.74, 6) is -0.238. The minimum absolute atomic E-state index is 0.0780. The molecule has 5 heteroatoms. The molecular weight excluding hydrogens is 280 g/mol. The quantitative estimate of drug-likeness (QED) is 0.581. The van der Waals surface area contributed by atoms with Gasteiger partial charge >= 0.3 is 5.97 Å². The second-order valence-electron chi connectivity index (χ2n) is 5.27. The number of rotatable bonds is 8. The predicted molar refractivity (Wildman–Crippen MR) is 85.7 cm³/mol. The van der Waals surface area contributed by atoms with Gasteiger partial charge in [-0.05, 0) is 25.0 Å². The number of carbonyl (C=O) groups excluding carboxylic acids is 2. The summed E-state index contributed by atoms with van der Waals surface area (Å²) in [5, 5.41) is 3.95. The van der Waals surface area contributed by atoms with E-state index >= 15 is 0 Å². The standard InChI is InChI=1S/C17H22N2O3/c1-22-16(20)10-4-2-3-7-11-18-17(21)15-12-13-8-5-6-9-14(13)19-15/h5-6,8-9,12,19H,2-4,7,10-11H2,1H3,(H,18,21). The van der Waals surface area contributed by atoms with Crippen molar-refractivity contribution in [2.45, 2.75) is 32.1 Å². The highest BCUT2D eigenvalue weighted by molar-refractivity contribution is 5.97. The number of hydrogen-bond donors (Lipinski definition) is 2. The molecule has 0 saturated carbocycles. The molecular formula is C17H22N2O3. The lowest BCUT2D eigenvalue weighted by Gasteiger charge is -2.04. The van der Waals surface area contributed by atoms with Gasteiger partial charge in [0.1, 0.15) is 5.69 Å². The molecule has 0 unspecified atom stereocenters. The fraction of sp³-hybridized carbons (Fsp3) is 0.412. The first-order chi connectivity index (χ1) is 10.7. The normalized spacial score (nSPS) is 10.6. The van der Waals surface area contributed by atoms with Gasteiger partial charge in [-0.1, -0.05) is 31.0 Å². The highest BCUT2D eigenvalue weighted by Gasteiger charge is 2.08. The summed E-state index contributed by atoms with van der Waals surface area (Å²) in [6, 6.07) is 9.68. The molecule has 0 fully saturated rings. The maximum absolute atomic E-state index is 12.0. The number of carbonyl (C=O) groups is 2. The van der Waals surface area contributed by atoms with Crippen molar-refractivity contribution in [3.8, 4) is 0 Å². The SMILES string of the molecule is COC(=O)CCCCCCNC(=O)c1cc2ccccc2[nH]1. The molecule has 0 aliphatic rings. The van der Waals surface area contributed by atoms with Crippen LogP contribution < -0.4 is 5.32 Å². The first-order valence-corrected chi connectivity index (χ1v) is 7.63. The van der Waals surface area contributed by atoms with Crippen LogP contribution in [0.4, 0.5) is 0 Å². The monoisotopic (exact) mass is 302 g/mol. The average molecular weight is 302 g/mol. The van der Waals surface area contributed by atoms with Gasteiger partial charge in [-0.2, -0.15) is 0 Å². The number of aromatic nitrogens is 1. The summed E-state index contributed by atoms with van der Waals surface area (Å²) < 4.78 is 4.58. The minimum Gasteiger partial charge on any atom is -0.469 e. The van der Waals surface area contributed by atoms with E-state index in [9.17, 15) is 9.59 Å². The number of ether oxygens (including phenoxy) is 1. The van der Waals surface area contributed by atoms with Gasteiger partial charge < -0.3 is 15.0 Å². The Morgan fingerprint density at radius 3 is 2.68 bits per heavy atom. The lowest BCUT2D eigenvalue weighted by molar-refractivity contribution is -0.140. The molecule has 0 bridgehead atoms. The smallest absolute Gasteiger partial charge is 0.305 e. The number of nitrogens with one attached hydrogen (secondary N) is 2. The largest absolute Gasteiger partial charge is 0.469 e. The van der Waals surface area contributed by atoms with E-state index in [0.717, 1.165) is 36.6 Å². The maximum Gasteiger partial charge on any atom is 0.305 e. The zero-order valence-electron chi connectivity index (χ0n) is 12.9. The zero-order valence-corrected chi connectivity index (χ0v) is 12.9. The summed E-state index contributed by atoms with van der Waals surface area (Å²) in [5.41, 5.74) is 1.56. The molecule has 0 saturated heterocycles. The number of methoxy groups -OCH3 is 1. The van der Waals surface area contributed by atoms with Crippen molar-refractivity contribution in [2.24, 2.45) is 0 Å². The summed E-state index contributed by atoms with van der Waals surface area (Å²) in [7, 11) is 1.40. The molecule has 2 rings (SSSR count). The number of hydrogen-bond acceptors (Lipinski definition) is 3. The van der Waals surface area contributed by atoms with Crippen molar-refractivity contribution in [3.05, 3.63) is 36.0 Å². The molecule has 0 atom stereocenters. The van der Waals surface area contributed by atoms with Gasteiger partial charge in [0.15, 0.2) is 0 Å². The van der Waals surface area contributed by atoms with Crippen LogP contribution in [0.3, 0.4) is 0 Å². The molecule has 1 amide bonds. The fourth-order valence-electron chi connectivity index (χ4n) is 2.34. The van der Waals surface area contributed by atoms with E-state index in [1.807, 2.05) is 30.3 Å². The third-order valence-corrected chi connectivity index (χ3v) is 3.60. The molecule has 118 valence electrons. The highest BCUT2D eigenvalue weighted by atomic mass is 16.5. The van der Waals surface area contributed by atoms with Gasteiger partial charge in [0, 0.05) is 23.9 Å². The number of aromatic amines is 1. The van der Waals surface area contributed by atoms with Crippen molar-refractivity contribution in [3.63, 3.8) is 0 Å². The number of benzene rings is 1. The van der Waals surface area contributed by atoms with E-state index in [1.165, 1.54) is 7.11 Å². The van der Waals surface area contributed by atoms with Crippen molar-refractivity contribution < 1.29 is 14.3 Å². The van der Waals surface area contributed by atoms with E-state index < -0.39 is 0 Å². The van der Waals surface area contributed by atoms with Gasteiger partial charge in [-0.15, -0.1) is 0 Å². The van der Waals surface area contributed by atoms with E-state index in [1.54, 1.807) is 0 Å². The van der Waals surface area contributed by atoms with Crippen LogP contribution in [0.2, 0.25) is 0 Å². The summed E-state index contributed by atoms with van der Waals surface area (Å²) >= 11 is 0. The van der Waals surface area contributed by atoms with Crippen LogP contribution in [0.25, 0.3) is 10.9 Å². The molecule has 1 heterocycles. The molecule has 1 aromatic carbocycles. The van der Waals surface area contributed by atoms with Crippen LogP contribution in [-0.2, 0) is 9.53 Å². The third-order valence-electron chi connectivity index (χ3n) is 3.60. The second-order valence-corrected chi connectivity index (χ2v) is 5.27. The van der Waals surface area contributed by atoms with E-state index in [-0.39, 0.29) is 11.9 Å². The molecule has 1 aromatic heterocycles. The van der Waals surface area contributed by atoms with Gasteiger partial charge in [-0.3, -0.25) is 9.59 Å². The first kappa shape index (κ1) is 16.1. The Morgan fingerprint density at radius 2 is 1.91 bits per heavy atom. The number of H-pyrrole nitrogens is 1. The lowest BCUT2D eigenvalue weighted by atomic mass is 10.1. The van der Waals surface area contributed by atoms with Gasteiger partial charge in [-0.25, -0.2) is 0 Å². The second kappa shape index (κ2) is 8.22. The van der Waals surface area contributed by atoms with Crippen molar-refractivity contribution in [1.82, 2.24) is 10.3 Å². The molecule has 2 aromatic rings. The lowest BCUT2D eigenvalue weighted by Crippen LogP contribution is -2.24. The molecule has 5 nitrogen and oxygen atoms in total. The maximum atomic E-state index is 12.0. The van der Waals surface area contributed by atoms with Crippen LogP contribution in [0.15, 0.2) is 30.3 Å². The first-order valence-electron chi connectivity index (χ1n) is 7.63. The fourth-order valence-corrected chi connectivity index (χ4v) is 2.34. The van der Waals surface area contributed by atoms with Crippen LogP contribution in [0.5, 0.6) is 0 Å². The predicted octanol–water partition coefficient (Wildman–Crippen LogP) is 3.02.